The zero-order chi connectivity index (χ0) is 21.5. The molecule has 30 heavy (non-hydrogen) atoms. The van der Waals surface area contributed by atoms with Gasteiger partial charge in [0.2, 0.25) is 11.8 Å². The Bertz CT molecular complexity index is 849. The lowest BCUT2D eigenvalue weighted by Gasteiger charge is -2.43. The second-order valence-electron chi connectivity index (χ2n) is 8.31. The van der Waals surface area contributed by atoms with Gasteiger partial charge in [0.15, 0.2) is 0 Å². The highest BCUT2D eigenvalue weighted by Gasteiger charge is 2.37. The minimum Gasteiger partial charge on any atom is -0.309 e. The van der Waals surface area contributed by atoms with E-state index >= 15 is 0 Å². The molecule has 0 aliphatic carbocycles. The number of anilines is 2. The molecule has 0 radical (unpaired) electrons. The van der Waals surface area contributed by atoms with E-state index in [2.05, 4.69) is 19.9 Å². The maximum atomic E-state index is 13.1. The third-order valence-corrected chi connectivity index (χ3v) is 6.01. The Kier molecular flexibility index (Phi) is 7.67. The number of para-hydroxylation sites is 2. The second kappa shape index (κ2) is 10.4. The van der Waals surface area contributed by atoms with E-state index in [9.17, 15) is 9.59 Å². The Hall–Kier alpha value is -2.62. The summed E-state index contributed by atoms with van der Waals surface area (Å²) in [4.78, 5) is 29.6. The summed E-state index contributed by atoms with van der Waals surface area (Å²) in [6.07, 6.45) is 7.01. The van der Waals surface area contributed by atoms with Crippen molar-refractivity contribution in [2.45, 2.75) is 77.8 Å². The molecular formula is C26H34N2O2. The number of nitrogens with zero attached hydrogens (tertiary/aromatic N) is 2. The van der Waals surface area contributed by atoms with Crippen LogP contribution in [0.1, 0.15) is 77.3 Å². The minimum atomic E-state index is -0.0790. The van der Waals surface area contributed by atoms with Gasteiger partial charge in [-0.2, -0.15) is 0 Å². The summed E-state index contributed by atoms with van der Waals surface area (Å²) in [5, 5.41) is 0. The summed E-state index contributed by atoms with van der Waals surface area (Å²) in [6, 6.07) is 17.8. The average Bonchev–Trinajstić information content (AvgIpc) is 2.74. The van der Waals surface area contributed by atoms with Gasteiger partial charge in [0, 0.05) is 30.8 Å². The number of benzene rings is 2. The van der Waals surface area contributed by atoms with Crippen molar-refractivity contribution in [3.63, 3.8) is 0 Å². The molecule has 2 aromatic carbocycles. The van der Waals surface area contributed by atoms with Gasteiger partial charge in [0.05, 0.1) is 6.04 Å². The van der Waals surface area contributed by atoms with Gasteiger partial charge in [-0.25, -0.2) is 0 Å². The lowest BCUT2D eigenvalue weighted by atomic mass is 9.89. The molecule has 3 rings (SSSR count). The maximum Gasteiger partial charge on any atom is 0.227 e. The summed E-state index contributed by atoms with van der Waals surface area (Å²) < 4.78 is 0. The normalized spacial score (nSPS) is 18.0. The summed E-state index contributed by atoms with van der Waals surface area (Å²) in [5.74, 6) is 0.211. The first kappa shape index (κ1) is 22.1. The van der Waals surface area contributed by atoms with Crippen molar-refractivity contribution < 1.29 is 9.59 Å². The lowest BCUT2D eigenvalue weighted by molar-refractivity contribution is -0.119. The molecule has 2 atom stereocenters. The third-order valence-electron chi connectivity index (χ3n) is 6.01. The molecule has 1 aliphatic heterocycles. The van der Waals surface area contributed by atoms with Crippen molar-refractivity contribution >= 4 is 23.2 Å². The fraction of sp³-hybridized carbons (Fsp3) is 0.462. The van der Waals surface area contributed by atoms with Crippen LogP contribution in [0.4, 0.5) is 11.4 Å². The van der Waals surface area contributed by atoms with Crippen LogP contribution in [-0.4, -0.2) is 17.9 Å². The third kappa shape index (κ3) is 4.92. The molecule has 0 saturated heterocycles. The van der Waals surface area contributed by atoms with Crippen LogP contribution in [0.15, 0.2) is 54.6 Å². The first-order valence-corrected chi connectivity index (χ1v) is 11.3. The maximum absolute atomic E-state index is 13.1. The van der Waals surface area contributed by atoms with Crippen LogP contribution in [0.2, 0.25) is 0 Å². The molecule has 1 aliphatic rings. The van der Waals surface area contributed by atoms with Gasteiger partial charge in [-0.3, -0.25) is 9.59 Å². The highest BCUT2D eigenvalue weighted by atomic mass is 16.2. The Morgan fingerprint density at radius 3 is 2.33 bits per heavy atom. The fourth-order valence-electron chi connectivity index (χ4n) is 4.58. The van der Waals surface area contributed by atoms with E-state index in [1.807, 2.05) is 58.3 Å². The number of carbonyl (C=O) groups excluding carboxylic acids is 2. The molecule has 0 bridgehead atoms. The molecule has 0 spiro atoms. The molecule has 2 aromatic rings. The average molecular weight is 407 g/mol. The molecule has 1 heterocycles. The smallest absolute Gasteiger partial charge is 0.227 e. The number of amides is 2. The molecule has 160 valence electrons. The summed E-state index contributed by atoms with van der Waals surface area (Å²) in [5.41, 5.74) is 2.89. The molecule has 0 aromatic heterocycles. The van der Waals surface area contributed by atoms with Crippen LogP contribution in [0, 0.1) is 0 Å². The highest BCUT2D eigenvalue weighted by molar-refractivity contribution is 5.97. The largest absolute Gasteiger partial charge is 0.309 e. The molecule has 0 saturated carbocycles. The van der Waals surface area contributed by atoms with Gasteiger partial charge in [-0.05, 0) is 43.5 Å². The molecule has 2 amide bonds. The molecule has 0 N–H and O–H groups in total. The van der Waals surface area contributed by atoms with Crippen molar-refractivity contribution in [2.24, 2.45) is 0 Å². The van der Waals surface area contributed by atoms with Gasteiger partial charge in [-0.15, -0.1) is 0 Å². The predicted molar refractivity (Wildman–Crippen MR) is 124 cm³/mol. The van der Waals surface area contributed by atoms with Crippen LogP contribution in [0.3, 0.4) is 0 Å². The number of hydrogen-bond donors (Lipinski definition) is 0. The van der Waals surface area contributed by atoms with Crippen molar-refractivity contribution in [3.8, 4) is 0 Å². The number of carbonyl (C=O) groups is 2. The Balaban J connectivity index is 1.86. The van der Waals surface area contributed by atoms with E-state index in [0.717, 1.165) is 36.2 Å². The van der Waals surface area contributed by atoms with Crippen LogP contribution in [0.25, 0.3) is 0 Å². The number of fused-ring (bicyclic) bond motifs is 1. The van der Waals surface area contributed by atoms with E-state index in [1.54, 1.807) is 6.92 Å². The summed E-state index contributed by atoms with van der Waals surface area (Å²) in [7, 11) is 0. The van der Waals surface area contributed by atoms with Gasteiger partial charge < -0.3 is 9.80 Å². The summed E-state index contributed by atoms with van der Waals surface area (Å²) in [6.45, 7) is 5.92. The van der Waals surface area contributed by atoms with Gasteiger partial charge >= 0.3 is 0 Å². The fourth-order valence-corrected chi connectivity index (χ4v) is 4.58. The zero-order valence-corrected chi connectivity index (χ0v) is 18.5. The molecule has 4 heteroatoms. The zero-order valence-electron chi connectivity index (χ0n) is 18.5. The standard InChI is InChI=1S/C26H34N2O2/c1-4-5-6-7-11-18-26(30)27-20(2)19-25(23-16-12-13-17-24(23)27)28(21(3)29)22-14-9-8-10-15-22/h8-10,12-17,20,25H,4-7,11,18-19H2,1-3H3/t20-,25+/m0/s1. The van der Waals surface area contributed by atoms with Crippen molar-refractivity contribution in [1.82, 2.24) is 0 Å². The number of hydrogen-bond acceptors (Lipinski definition) is 2. The topological polar surface area (TPSA) is 40.6 Å². The van der Waals surface area contributed by atoms with Crippen LogP contribution in [0.5, 0.6) is 0 Å². The predicted octanol–water partition coefficient (Wildman–Crippen LogP) is 6.27. The second-order valence-corrected chi connectivity index (χ2v) is 8.31. The van der Waals surface area contributed by atoms with E-state index < -0.39 is 0 Å². The first-order chi connectivity index (χ1) is 14.5. The van der Waals surface area contributed by atoms with Crippen LogP contribution >= 0.6 is 0 Å². The molecule has 0 fully saturated rings. The molecule has 0 unspecified atom stereocenters. The lowest BCUT2D eigenvalue weighted by Crippen LogP contribution is -2.47. The number of unbranched alkanes of at least 4 members (excludes halogenated alkanes) is 4. The SMILES string of the molecule is CCCCCCCC(=O)N1c2ccccc2[C@H](N(C(C)=O)c2ccccc2)C[C@@H]1C. The summed E-state index contributed by atoms with van der Waals surface area (Å²) >= 11 is 0. The van der Waals surface area contributed by atoms with E-state index in [4.69, 9.17) is 0 Å². The monoisotopic (exact) mass is 406 g/mol. The van der Waals surface area contributed by atoms with Crippen LogP contribution in [-0.2, 0) is 9.59 Å². The molecule has 4 nitrogen and oxygen atoms in total. The van der Waals surface area contributed by atoms with Gasteiger partial charge in [-0.1, -0.05) is 69.0 Å². The number of rotatable bonds is 8. The first-order valence-electron chi connectivity index (χ1n) is 11.3. The highest BCUT2D eigenvalue weighted by Crippen LogP contribution is 2.42. The van der Waals surface area contributed by atoms with E-state index in [0.29, 0.717) is 6.42 Å². The van der Waals surface area contributed by atoms with Crippen LogP contribution < -0.4 is 9.80 Å². The van der Waals surface area contributed by atoms with E-state index in [-0.39, 0.29) is 23.9 Å². The Morgan fingerprint density at radius 2 is 1.63 bits per heavy atom. The van der Waals surface area contributed by atoms with Gasteiger partial charge in [0.25, 0.3) is 0 Å². The van der Waals surface area contributed by atoms with Crippen molar-refractivity contribution in [3.05, 3.63) is 60.2 Å². The quantitative estimate of drug-likeness (QED) is 0.485. The van der Waals surface area contributed by atoms with Crippen molar-refractivity contribution in [1.29, 1.82) is 0 Å². The van der Waals surface area contributed by atoms with Crippen molar-refractivity contribution in [2.75, 3.05) is 9.80 Å². The Labute approximate surface area is 180 Å². The minimum absolute atomic E-state index is 0.0175. The Morgan fingerprint density at radius 1 is 0.967 bits per heavy atom. The van der Waals surface area contributed by atoms with Gasteiger partial charge in [0.1, 0.15) is 0 Å². The van der Waals surface area contributed by atoms with E-state index in [1.165, 1.54) is 19.3 Å². The molecular weight excluding hydrogens is 372 g/mol.